The van der Waals surface area contributed by atoms with Crippen LogP contribution in [0.3, 0.4) is 0 Å². The fraction of sp³-hybridized carbons (Fsp3) is 0.714. The van der Waals surface area contributed by atoms with Crippen LogP contribution in [0.4, 0.5) is 0 Å². The van der Waals surface area contributed by atoms with E-state index in [4.69, 9.17) is 9.84 Å². The van der Waals surface area contributed by atoms with Gasteiger partial charge in [0.05, 0.1) is 12.3 Å². The van der Waals surface area contributed by atoms with Gasteiger partial charge in [-0.05, 0) is 0 Å². The van der Waals surface area contributed by atoms with Gasteiger partial charge < -0.3 is 14.6 Å². The van der Waals surface area contributed by atoms with Crippen molar-refractivity contribution in [3.63, 3.8) is 0 Å². The third kappa shape index (κ3) is 1.77. The molecule has 1 fully saturated rings. The van der Waals surface area contributed by atoms with Crippen LogP contribution in [0.2, 0.25) is 0 Å². The molecular formula is C7H10O4. The van der Waals surface area contributed by atoms with Crippen LogP contribution in [0.5, 0.6) is 0 Å². The van der Waals surface area contributed by atoms with Gasteiger partial charge in [-0.25, -0.2) is 0 Å². The Morgan fingerprint density at radius 2 is 2.45 bits per heavy atom. The molecule has 1 rings (SSSR count). The van der Waals surface area contributed by atoms with Crippen LogP contribution in [0.15, 0.2) is 0 Å². The molecule has 1 aliphatic rings. The van der Waals surface area contributed by atoms with E-state index in [0.29, 0.717) is 12.7 Å². The van der Waals surface area contributed by atoms with E-state index in [1.165, 1.54) is 0 Å². The molecule has 0 saturated carbocycles. The number of aliphatic hydroxyl groups is 1. The quantitative estimate of drug-likeness (QED) is 0.444. The summed E-state index contributed by atoms with van der Waals surface area (Å²) in [5.41, 5.74) is 0. The van der Waals surface area contributed by atoms with E-state index in [-0.39, 0.29) is 24.9 Å². The molecule has 1 saturated heterocycles. The van der Waals surface area contributed by atoms with Crippen molar-refractivity contribution >= 4 is 12.3 Å². The summed E-state index contributed by atoms with van der Waals surface area (Å²) >= 11 is 0. The maximum atomic E-state index is 10.6. The number of carbonyl (C=O) groups excluding carboxylic acids is 2. The van der Waals surface area contributed by atoms with Gasteiger partial charge in [0.25, 0.3) is 0 Å². The highest BCUT2D eigenvalue weighted by Gasteiger charge is 2.33. The Hall–Kier alpha value is -0.900. The van der Waals surface area contributed by atoms with Crippen LogP contribution < -0.4 is 0 Å². The van der Waals surface area contributed by atoms with Crippen molar-refractivity contribution in [1.29, 1.82) is 0 Å². The fourth-order valence-electron chi connectivity index (χ4n) is 1.16. The van der Waals surface area contributed by atoms with E-state index in [1.54, 1.807) is 0 Å². The number of cyclic esters (lactones) is 1. The highest BCUT2D eigenvalue weighted by Crippen LogP contribution is 2.22. The average molecular weight is 158 g/mol. The van der Waals surface area contributed by atoms with Crippen molar-refractivity contribution < 1.29 is 19.4 Å². The lowest BCUT2D eigenvalue weighted by atomic mass is 10.0. The number of aldehydes is 1. The van der Waals surface area contributed by atoms with E-state index < -0.39 is 6.10 Å². The predicted molar refractivity (Wildman–Crippen MR) is 35.8 cm³/mol. The Morgan fingerprint density at radius 1 is 1.73 bits per heavy atom. The van der Waals surface area contributed by atoms with Gasteiger partial charge in [-0.3, -0.25) is 4.79 Å². The summed E-state index contributed by atoms with van der Waals surface area (Å²) in [4.78, 5) is 21.0. The summed E-state index contributed by atoms with van der Waals surface area (Å²) in [6.07, 6.45) is 0.833. The molecule has 2 atom stereocenters. The number of aliphatic hydroxyl groups excluding tert-OH is 1. The largest absolute Gasteiger partial charge is 0.461 e. The van der Waals surface area contributed by atoms with E-state index in [2.05, 4.69) is 0 Å². The van der Waals surface area contributed by atoms with Crippen LogP contribution in [0, 0.1) is 5.92 Å². The SMILES string of the molecule is O=CC1CC(=O)OC1CCO. The fourth-order valence-corrected chi connectivity index (χ4v) is 1.16. The van der Waals surface area contributed by atoms with Gasteiger partial charge >= 0.3 is 5.97 Å². The minimum absolute atomic E-state index is 0.0533. The number of carbonyl (C=O) groups is 2. The second-order valence-corrected chi connectivity index (χ2v) is 2.54. The third-order valence-electron chi connectivity index (χ3n) is 1.75. The number of rotatable bonds is 3. The zero-order valence-electron chi connectivity index (χ0n) is 6.03. The zero-order chi connectivity index (χ0) is 8.27. The summed E-state index contributed by atoms with van der Waals surface area (Å²) in [5, 5.41) is 8.52. The van der Waals surface area contributed by atoms with Crippen LogP contribution in [-0.4, -0.2) is 30.1 Å². The molecule has 0 aliphatic carbocycles. The molecule has 1 heterocycles. The van der Waals surface area contributed by atoms with Crippen molar-refractivity contribution in [3.8, 4) is 0 Å². The van der Waals surface area contributed by atoms with Gasteiger partial charge in [0.2, 0.25) is 0 Å². The van der Waals surface area contributed by atoms with E-state index in [9.17, 15) is 9.59 Å². The second-order valence-electron chi connectivity index (χ2n) is 2.54. The number of hydrogen-bond donors (Lipinski definition) is 1. The summed E-state index contributed by atoms with van der Waals surface area (Å²) < 4.78 is 4.78. The van der Waals surface area contributed by atoms with Gasteiger partial charge in [-0.1, -0.05) is 0 Å². The van der Waals surface area contributed by atoms with Crippen LogP contribution >= 0.6 is 0 Å². The number of esters is 1. The lowest BCUT2D eigenvalue weighted by Crippen LogP contribution is -2.18. The van der Waals surface area contributed by atoms with Crippen molar-refractivity contribution in [1.82, 2.24) is 0 Å². The van der Waals surface area contributed by atoms with E-state index in [0.717, 1.165) is 0 Å². The summed E-state index contributed by atoms with van der Waals surface area (Å²) in [7, 11) is 0. The van der Waals surface area contributed by atoms with E-state index >= 15 is 0 Å². The molecule has 4 heteroatoms. The molecule has 0 amide bonds. The van der Waals surface area contributed by atoms with Gasteiger partial charge in [-0.15, -0.1) is 0 Å². The second kappa shape index (κ2) is 3.48. The van der Waals surface area contributed by atoms with Gasteiger partial charge in [0, 0.05) is 13.0 Å². The van der Waals surface area contributed by atoms with E-state index in [1.807, 2.05) is 0 Å². The third-order valence-corrected chi connectivity index (χ3v) is 1.75. The minimum atomic E-state index is -0.398. The zero-order valence-corrected chi connectivity index (χ0v) is 6.03. The molecule has 0 aromatic rings. The van der Waals surface area contributed by atoms with Crippen LogP contribution in [0.1, 0.15) is 12.8 Å². The Morgan fingerprint density at radius 3 is 3.00 bits per heavy atom. The Labute approximate surface area is 64.2 Å². The molecule has 11 heavy (non-hydrogen) atoms. The van der Waals surface area contributed by atoms with Crippen molar-refractivity contribution in [3.05, 3.63) is 0 Å². The maximum Gasteiger partial charge on any atom is 0.306 e. The standard InChI is InChI=1S/C7H10O4/c8-2-1-6-5(4-9)3-7(10)11-6/h4-6,8H,1-3H2. The normalized spacial score (nSPS) is 30.1. The summed E-state index contributed by atoms with van der Waals surface area (Å²) in [5.74, 6) is -0.699. The topological polar surface area (TPSA) is 63.6 Å². The maximum absolute atomic E-state index is 10.6. The van der Waals surface area contributed by atoms with Crippen molar-refractivity contribution in [2.75, 3.05) is 6.61 Å². The first kappa shape index (κ1) is 8.20. The molecule has 62 valence electrons. The Bertz CT molecular complexity index is 166. The molecule has 0 aromatic carbocycles. The molecule has 0 bridgehead atoms. The molecule has 4 nitrogen and oxygen atoms in total. The molecule has 1 N–H and O–H groups in total. The van der Waals surface area contributed by atoms with Crippen molar-refractivity contribution in [2.24, 2.45) is 5.92 Å². The average Bonchev–Trinajstić information content (AvgIpc) is 2.32. The lowest BCUT2D eigenvalue weighted by molar-refractivity contribution is -0.141. The number of ether oxygens (including phenoxy) is 1. The molecule has 0 aromatic heterocycles. The number of hydrogen-bond acceptors (Lipinski definition) is 4. The molecule has 0 spiro atoms. The monoisotopic (exact) mass is 158 g/mol. The summed E-state index contributed by atoms with van der Waals surface area (Å²) in [6.45, 7) is -0.0533. The molecule has 2 unspecified atom stereocenters. The van der Waals surface area contributed by atoms with Crippen LogP contribution in [0.25, 0.3) is 0 Å². The van der Waals surface area contributed by atoms with Gasteiger partial charge in [-0.2, -0.15) is 0 Å². The minimum Gasteiger partial charge on any atom is -0.461 e. The van der Waals surface area contributed by atoms with Crippen LogP contribution in [-0.2, 0) is 14.3 Å². The first-order valence-electron chi connectivity index (χ1n) is 3.53. The smallest absolute Gasteiger partial charge is 0.306 e. The first-order valence-corrected chi connectivity index (χ1v) is 3.53. The Kier molecular flexibility index (Phi) is 2.59. The predicted octanol–water partition coefficient (Wildman–Crippen LogP) is -0.501. The lowest BCUT2D eigenvalue weighted by Gasteiger charge is -2.09. The highest BCUT2D eigenvalue weighted by atomic mass is 16.6. The first-order chi connectivity index (χ1) is 5.27. The highest BCUT2D eigenvalue weighted by molar-refractivity contribution is 5.77. The molecule has 1 aliphatic heterocycles. The summed E-state index contributed by atoms with van der Waals surface area (Å²) in [6, 6.07) is 0. The van der Waals surface area contributed by atoms with Gasteiger partial charge in [0.1, 0.15) is 12.4 Å². The molecule has 0 radical (unpaired) electrons. The molecular weight excluding hydrogens is 148 g/mol. The van der Waals surface area contributed by atoms with Crippen molar-refractivity contribution in [2.45, 2.75) is 18.9 Å². The van der Waals surface area contributed by atoms with Gasteiger partial charge in [0.15, 0.2) is 0 Å². The Balaban J connectivity index is 2.49.